The third-order valence-electron chi connectivity index (χ3n) is 9.55. The standard InChI is InChI=1S/C43H65NO9/c1-4-7-9-11-19-25-35(50-31-33-21-15-13-16-22-33)28-38(46)44-40-42(41(48)37(30-45)52-43(40)49-27-6-3)53-39(47)29-36(26-20-12-10-8-5-2)51-32-34-23-17-14-18-24-34/h6,13-18,21-24,35-37,40-43,45,48H,3-5,7-12,19-20,25-32H2,1-2H3,(H,44,46)/t35-,36-,37-,40-,41-,42-,43+/m1/s1/i43+1. The predicted molar refractivity (Wildman–Crippen MR) is 206 cm³/mol. The molecule has 0 saturated carbocycles. The number of hydrogen-bond acceptors (Lipinski definition) is 9. The van der Waals surface area contributed by atoms with Crippen molar-refractivity contribution in [3.63, 3.8) is 0 Å². The number of amides is 1. The molecule has 1 fully saturated rings. The monoisotopic (exact) mass is 740 g/mol. The van der Waals surface area contributed by atoms with E-state index >= 15 is 0 Å². The maximum atomic E-state index is 13.8. The minimum Gasteiger partial charge on any atom is -0.457 e. The summed E-state index contributed by atoms with van der Waals surface area (Å²) in [4.78, 5) is 27.4. The molecule has 1 saturated heterocycles. The van der Waals surface area contributed by atoms with Crippen LogP contribution in [0.1, 0.15) is 115 Å². The highest BCUT2D eigenvalue weighted by molar-refractivity contribution is 5.77. The summed E-state index contributed by atoms with van der Waals surface area (Å²) in [5.41, 5.74) is 2.01. The van der Waals surface area contributed by atoms with Crippen molar-refractivity contribution in [3.8, 4) is 0 Å². The number of benzene rings is 2. The number of hydrogen-bond donors (Lipinski definition) is 3. The molecule has 0 radical (unpaired) electrons. The lowest BCUT2D eigenvalue weighted by Gasteiger charge is -2.43. The second kappa shape index (κ2) is 26.6. The van der Waals surface area contributed by atoms with Gasteiger partial charge in [-0.2, -0.15) is 0 Å². The van der Waals surface area contributed by atoms with Gasteiger partial charge in [-0.25, -0.2) is 0 Å². The van der Waals surface area contributed by atoms with E-state index in [1.54, 1.807) is 0 Å². The van der Waals surface area contributed by atoms with E-state index < -0.39 is 49.3 Å². The first-order valence-electron chi connectivity index (χ1n) is 19.8. The van der Waals surface area contributed by atoms with Crippen LogP contribution < -0.4 is 5.32 Å². The van der Waals surface area contributed by atoms with Crippen LogP contribution in [0, 0.1) is 0 Å². The fourth-order valence-corrected chi connectivity index (χ4v) is 6.52. The first-order chi connectivity index (χ1) is 25.9. The number of rotatable bonds is 28. The second-order valence-electron chi connectivity index (χ2n) is 14.0. The van der Waals surface area contributed by atoms with Crippen molar-refractivity contribution in [2.24, 2.45) is 0 Å². The Labute approximate surface area is 317 Å². The summed E-state index contributed by atoms with van der Waals surface area (Å²) in [6.07, 6.45) is 8.01. The van der Waals surface area contributed by atoms with E-state index in [9.17, 15) is 19.8 Å². The fraction of sp³-hybridized carbons (Fsp3) is 0.628. The summed E-state index contributed by atoms with van der Waals surface area (Å²) in [5, 5.41) is 24.4. The molecule has 0 spiro atoms. The average Bonchev–Trinajstić information content (AvgIpc) is 3.17. The molecule has 3 rings (SSSR count). The molecule has 1 aliphatic heterocycles. The number of esters is 1. The second-order valence-corrected chi connectivity index (χ2v) is 14.0. The van der Waals surface area contributed by atoms with Gasteiger partial charge >= 0.3 is 5.97 Å². The van der Waals surface area contributed by atoms with E-state index in [0.29, 0.717) is 26.1 Å². The zero-order valence-corrected chi connectivity index (χ0v) is 32.1. The van der Waals surface area contributed by atoms with Crippen LogP contribution in [-0.2, 0) is 46.5 Å². The smallest absolute Gasteiger partial charge is 0.308 e. The van der Waals surface area contributed by atoms with Gasteiger partial charge in [0.25, 0.3) is 0 Å². The summed E-state index contributed by atoms with van der Waals surface area (Å²) in [7, 11) is 0. The molecule has 53 heavy (non-hydrogen) atoms. The molecule has 10 heteroatoms. The Bertz CT molecular complexity index is 1260. The van der Waals surface area contributed by atoms with Crippen LogP contribution in [-0.4, -0.2) is 78.2 Å². The SMILES string of the molecule is C=CCO[13C@H]1O[C@H](CO)[C@@H](O)[C@H](OC(=O)C[C@@H](CCCCCCC)OCc2ccccc2)[C@H]1NC(=O)C[C@@H](CCCCCCC)OCc1ccccc1. The number of aliphatic hydroxyl groups is 2. The van der Waals surface area contributed by atoms with Crippen molar-refractivity contribution in [3.05, 3.63) is 84.4 Å². The molecule has 296 valence electrons. The molecule has 2 aromatic rings. The number of unbranched alkanes of at least 4 members (excludes halogenated alkanes) is 8. The molecule has 7 atom stereocenters. The van der Waals surface area contributed by atoms with E-state index in [1.807, 2.05) is 60.7 Å². The maximum Gasteiger partial charge on any atom is 0.308 e. The van der Waals surface area contributed by atoms with Gasteiger partial charge in [-0.15, -0.1) is 6.58 Å². The summed E-state index contributed by atoms with van der Waals surface area (Å²) in [6.45, 7) is 8.31. The highest BCUT2D eigenvalue weighted by Crippen LogP contribution is 2.27. The molecule has 1 amide bonds. The molecule has 0 aromatic heterocycles. The third-order valence-corrected chi connectivity index (χ3v) is 9.55. The van der Waals surface area contributed by atoms with E-state index in [2.05, 4.69) is 25.7 Å². The first-order valence-corrected chi connectivity index (χ1v) is 19.8. The average molecular weight is 741 g/mol. The van der Waals surface area contributed by atoms with Gasteiger partial charge in [0.05, 0.1) is 51.5 Å². The summed E-state index contributed by atoms with van der Waals surface area (Å²) in [5.74, 6) is -0.943. The number of carbonyl (C=O) groups excluding carboxylic acids is 2. The molecule has 1 aliphatic rings. The molecule has 0 aliphatic carbocycles. The molecule has 10 nitrogen and oxygen atoms in total. The Morgan fingerprint density at radius 1 is 0.811 bits per heavy atom. The predicted octanol–water partition coefficient (Wildman–Crippen LogP) is 7.34. The van der Waals surface area contributed by atoms with Crippen LogP contribution >= 0.6 is 0 Å². The number of aliphatic hydroxyl groups excluding tert-OH is 2. The molecule has 2 aromatic carbocycles. The van der Waals surface area contributed by atoms with Crippen molar-refractivity contribution in [1.82, 2.24) is 5.32 Å². The topological polar surface area (TPSA) is 133 Å². The quantitative estimate of drug-likeness (QED) is 0.0355. The Morgan fingerprint density at radius 2 is 1.34 bits per heavy atom. The first kappa shape index (κ1) is 44.3. The summed E-state index contributed by atoms with van der Waals surface area (Å²) < 4.78 is 30.3. The van der Waals surface area contributed by atoms with Crippen LogP contribution in [0.3, 0.4) is 0 Å². The van der Waals surface area contributed by atoms with Crippen molar-refractivity contribution < 1.29 is 43.5 Å². The summed E-state index contributed by atoms with van der Waals surface area (Å²) in [6, 6.07) is 18.6. The number of ether oxygens (including phenoxy) is 5. The van der Waals surface area contributed by atoms with Crippen LogP contribution in [0.5, 0.6) is 0 Å². The largest absolute Gasteiger partial charge is 0.457 e. The lowest BCUT2D eigenvalue weighted by atomic mass is 10.0. The zero-order valence-electron chi connectivity index (χ0n) is 32.1. The maximum absolute atomic E-state index is 13.8. The Kier molecular flexibility index (Phi) is 22.2. The van der Waals surface area contributed by atoms with Gasteiger partial charge in [-0.1, -0.05) is 145 Å². The Morgan fingerprint density at radius 3 is 1.85 bits per heavy atom. The van der Waals surface area contributed by atoms with Gasteiger partial charge < -0.3 is 39.2 Å². The number of carbonyl (C=O) groups is 2. The van der Waals surface area contributed by atoms with Gasteiger partial charge in [0.1, 0.15) is 18.2 Å². The van der Waals surface area contributed by atoms with Crippen molar-refractivity contribution in [2.45, 2.75) is 160 Å². The van der Waals surface area contributed by atoms with Gasteiger partial charge in [-0.3, -0.25) is 9.59 Å². The molecular weight excluding hydrogens is 675 g/mol. The van der Waals surface area contributed by atoms with E-state index in [1.165, 1.54) is 12.5 Å². The highest BCUT2D eigenvalue weighted by atomic mass is 16.8. The van der Waals surface area contributed by atoms with Crippen LogP contribution in [0.15, 0.2) is 73.3 Å². The zero-order chi connectivity index (χ0) is 38.1. The lowest BCUT2D eigenvalue weighted by Crippen LogP contribution is -2.66. The molecular formula is C43H65NO9. The van der Waals surface area contributed by atoms with Crippen molar-refractivity contribution >= 4 is 11.9 Å². The van der Waals surface area contributed by atoms with Crippen molar-refractivity contribution in [2.75, 3.05) is 13.2 Å². The molecule has 1 heterocycles. The Balaban J connectivity index is 1.74. The summed E-state index contributed by atoms with van der Waals surface area (Å²) >= 11 is 0. The van der Waals surface area contributed by atoms with E-state index in [-0.39, 0.29) is 31.5 Å². The van der Waals surface area contributed by atoms with E-state index in [0.717, 1.165) is 68.9 Å². The molecule has 0 unspecified atom stereocenters. The highest BCUT2D eigenvalue weighted by Gasteiger charge is 2.48. The van der Waals surface area contributed by atoms with Crippen molar-refractivity contribution in [1.29, 1.82) is 0 Å². The van der Waals surface area contributed by atoms with Crippen LogP contribution in [0.2, 0.25) is 0 Å². The lowest BCUT2D eigenvalue weighted by molar-refractivity contribution is -0.271. The minimum atomic E-state index is -1.43. The Hall–Kier alpha value is -3.12. The number of nitrogens with one attached hydrogen (secondary N) is 1. The minimum absolute atomic E-state index is 0.0409. The fourth-order valence-electron chi connectivity index (χ4n) is 6.52. The van der Waals surface area contributed by atoms with Crippen LogP contribution in [0.25, 0.3) is 0 Å². The third kappa shape index (κ3) is 17.3. The van der Waals surface area contributed by atoms with E-state index in [4.69, 9.17) is 23.7 Å². The van der Waals surface area contributed by atoms with Gasteiger partial charge in [0.15, 0.2) is 12.4 Å². The van der Waals surface area contributed by atoms with Gasteiger partial charge in [0.2, 0.25) is 5.91 Å². The molecule has 3 N–H and O–H groups in total. The van der Waals surface area contributed by atoms with Gasteiger partial charge in [0, 0.05) is 0 Å². The van der Waals surface area contributed by atoms with Crippen LogP contribution in [0.4, 0.5) is 0 Å². The normalized spacial score (nSPS) is 21.1. The van der Waals surface area contributed by atoms with Gasteiger partial charge in [-0.05, 0) is 24.0 Å². The molecule has 0 bridgehead atoms.